The summed E-state index contributed by atoms with van der Waals surface area (Å²) in [7, 11) is 0. The average Bonchev–Trinajstić information content (AvgIpc) is 2.29. The highest BCUT2D eigenvalue weighted by atomic mass is 16.3. The molecule has 0 aliphatic heterocycles. The number of hydrogen-bond donors (Lipinski definition) is 1. The molecule has 88 valence electrons. The predicted octanol–water partition coefficient (Wildman–Crippen LogP) is 3.61. The van der Waals surface area contributed by atoms with Crippen LogP contribution in [0.2, 0.25) is 0 Å². The third-order valence-corrected chi connectivity index (χ3v) is 3.75. The molecule has 0 amide bonds. The average molecular weight is 218 g/mol. The molecule has 0 radical (unpaired) electrons. The van der Waals surface area contributed by atoms with Gasteiger partial charge in [-0.05, 0) is 54.2 Å². The van der Waals surface area contributed by atoms with Gasteiger partial charge in [0, 0.05) is 6.61 Å². The molecule has 0 saturated carbocycles. The third kappa shape index (κ3) is 2.30. The summed E-state index contributed by atoms with van der Waals surface area (Å²) in [5, 5.41) is 9.12. The molecular weight excluding hydrogens is 196 g/mol. The van der Waals surface area contributed by atoms with E-state index in [4.69, 9.17) is 5.11 Å². The summed E-state index contributed by atoms with van der Waals surface area (Å²) in [6.07, 6.45) is 4.66. The number of aryl methyl sites for hydroxylation is 1. The Bertz CT molecular complexity index is 354. The lowest BCUT2D eigenvalue weighted by molar-refractivity contribution is 0.269. The maximum atomic E-state index is 9.12. The van der Waals surface area contributed by atoms with Crippen molar-refractivity contribution < 1.29 is 5.11 Å². The molecule has 1 aliphatic carbocycles. The molecule has 1 heteroatoms. The van der Waals surface area contributed by atoms with Gasteiger partial charge >= 0.3 is 0 Å². The Morgan fingerprint density at radius 3 is 2.88 bits per heavy atom. The van der Waals surface area contributed by atoms with Crippen molar-refractivity contribution in [2.75, 3.05) is 6.61 Å². The molecule has 0 bridgehead atoms. The number of hydrogen-bond acceptors (Lipinski definition) is 1. The van der Waals surface area contributed by atoms with E-state index in [1.165, 1.54) is 36.0 Å². The van der Waals surface area contributed by atoms with E-state index in [9.17, 15) is 0 Å². The first kappa shape index (κ1) is 11.7. The minimum atomic E-state index is 0.315. The molecule has 0 saturated heterocycles. The molecule has 0 aromatic heterocycles. The Morgan fingerprint density at radius 1 is 1.38 bits per heavy atom. The minimum Gasteiger partial charge on any atom is -0.396 e. The molecule has 2 rings (SSSR count). The van der Waals surface area contributed by atoms with Gasteiger partial charge in [0.15, 0.2) is 0 Å². The molecule has 1 aromatic carbocycles. The molecule has 0 fully saturated rings. The van der Waals surface area contributed by atoms with Gasteiger partial charge in [0.2, 0.25) is 0 Å². The first-order valence-electron chi connectivity index (χ1n) is 6.46. The summed E-state index contributed by atoms with van der Waals surface area (Å²) in [5.41, 5.74) is 4.45. The molecule has 1 N–H and O–H groups in total. The van der Waals surface area contributed by atoms with Crippen LogP contribution in [0.3, 0.4) is 0 Å². The van der Waals surface area contributed by atoms with Crippen LogP contribution in [0.1, 0.15) is 61.6 Å². The van der Waals surface area contributed by atoms with Crippen molar-refractivity contribution in [2.45, 2.75) is 51.4 Å². The number of aliphatic hydroxyl groups is 1. The first-order valence-corrected chi connectivity index (χ1v) is 6.46. The molecule has 0 heterocycles. The lowest BCUT2D eigenvalue weighted by atomic mass is 9.79. The molecular formula is C15H22O. The summed E-state index contributed by atoms with van der Waals surface area (Å²) in [6, 6.07) is 6.94. The maximum Gasteiger partial charge on any atom is 0.0436 e. The van der Waals surface area contributed by atoms with Gasteiger partial charge in [-0.3, -0.25) is 0 Å². The summed E-state index contributed by atoms with van der Waals surface area (Å²) in [4.78, 5) is 0. The number of aliphatic hydroxyl groups excluding tert-OH is 1. The van der Waals surface area contributed by atoms with Gasteiger partial charge in [-0.15, -0.1) is 0 Å². The second kappa shape index (κ2) is 5.01. The molecule has 16 heavy (non-hydrogen) atoms. The predicted molar refractivity (Wildman–Crippen MR) is 67.9 cm³/mol. The van der Waals surface area contributed by atoms with E-state index >= 15 is 0 Å². The van der Waals surface area contributed by atoms with Gasteiger partial charge < -0.3 is 5.11 Å². The Balaban J connectivity index is 2.32. The zero-order chi connectivity index (χ0) is 11.5. The van der Waals surface area contributed by atoms with Crippen LogP contribution < -0.4 is 0 Å². The molecule has 1 unspecified atom stereocenters. The van der Waals surface area contributed by atoms with Crippen LogP contribution in [0, 0.1) is 0 Å². The Hall–Kier alpha value is -0.820. The van der Waals surface area contributed by atoms with Crippen molar-refractivity contribution in [3.8, 4) is 0 Å². The Morgan fingerprint density at radius 2 is 2.19 bits per heavy atom. The summed E-state index contributed by atoms with van der Waals surface area (Å²) >= 11 is 0. The quantitative estimate of drug-likeness (QED) is 0.821. The van der Waals surface area contributed by atoms with E-state index in [-0.39, 0.29) is 0 Å². The van der Waals surface area contributed by atoms with Crippen molar-refractivity contribution >= 4 is 0 Å². The van der Waals surface area contributed by atoms with E-state index in [1.54, 1.807) is 0 Å². The largest absolute Gasteiger partial charge is 0.396 e. The number of fused-ring (bicyclic) bond motifs is 1. The number of rotatable bonds is 3. The molecule has 1 nitrogen and oxygen atoms in total. The van der Waals surface area contributed by atoms with Gasteiger partial charge in [-0.2, -0.15) is 0 Å². The van der Waals surface area contributed by atoms with Gasteiger partial charge in [0.1, 0.15) is 0 Å². The van der Waals surface area contributed by atoms with Gasteiger partial charge in [0.25, 0.3) is 0 Å². The standard InChI is InChI=1S/C15H22O/c1-11(2)14-7-6-12-4-3-5-13(8-9-16)15(12)10-14/h6-7,10-11,13,16H,3-5,8-9H2,1-2H3. The van der Waals surface area contributed by atoms with Crippen LogP contribution in [-0.2, 0) is 6.42 Å². The molecule has 1 atom stereocenters. The van der Waals surface area contributed by atoms with Crippen LogP contribution in [0.15, 0.2) is 18.2 Å². The Labute approximate surface area is 98.5 Å². The first-order chi connectivity index (χ1) is 7.72. The lowest BCUT2D eigenvalue weighted by Gasteiger charge is -2.26. The van der Waals surface area contributed by atoms with Gasteiger partial charge in [-0.25, -0.2) is 0 Å². The summed E-state index contributed by atoms with van der Waals surface area (Å²) < 4.78 is 0. The zero-order valence-corrected chi connectivity index (χ0v) is 10.4. The van der Waals surface area contributed by atoms with E-state index in [1.807, 2.05) is 0 Å². The van der Waals surface area contributed by atoms with E-state index in [2.05, 4.69) is 32.0 Å². The van der Waals surface area contributed by atoms with Crippen molar-refractivity contribution in [1.29, 1.82) is 0 Å². The zero-order valence-electron chi connectivity index (χ0n) is 10.4. The van der Waals surface area contributed by atoms with E-state index in [0.717, 1.165) is 6.42 Å². The van der Waals surface area contributed by atoms with Crippen LogP contribution in [0.4, 0.5) is 0 Å². The maximum absolute atomic E-state index is 9.12. The van der Waals surface area contributed by atoms with Crippen LogP contribution >= 0.6 is 0 Å². The Kier molecular flexibility index (Phi) is 3.65. The second-order valence-electron chi connectivity index (χ2n) is 5.21. The highest BCUT2D eigenvalue weighted by Gasteiger charge is 2.20. The van der Waals surface area contributed by atoms with E-state index in [0.29, 0.717) is 18.4 Å². The highest BCUT2D eigenvalue weighted by Crippen LogP contribution is 2.35. The van der Waals surface area contributed by atoms with Gasteiger partial charge in [0.05, 0.1) is 0 Å². The second-order valence-corrected chi connectivity index (χ2v) is 5.21. The van der Waals surface area contributed by atoms with Gasteiger partial charge in [-0.1, -0.05) is 32.0 Å². The summed E-state index contributed by atoms with van der Waals surface area (Å²) in [5.74, 6) is 1.19. The summed E-state index contributed by atoms with van der Waals surface area (Å²) in [6.45, 7) is 4.80. The monoisotopic (exact) mass is 218 g/mol. The molecule has 1 aliphatic rings. The van der Waals surface area contributed by atoms with Crippen LogP contribution in [0.5, 0.6) is 0 Å². The van der Waals surface area contributed by atoms with Crippen molar-refractivity contribution in [3.05, 3.63) is 34.9 Å². The highest BCUT2D eigenvalue weighted by molar-refractivity contribution is 5.37. The fourth-order valence-electron chi connectivity index (χ4n) is 2.73. The number of benzene rings is 1. The fourth-order valence-corrected chi connectivity index (χ4v) is 2.73. The SMILES string of the molecule is CC(C)c1ccc2c(c1)C(CCO)CCC2. The minimum absolute atomic E-state index is 0.315. The fraction of sp³-hybridized carbons (Fsp3) is 0.600. The normalized spacial score (nSPS) is 19.9. The third-order valence-electron chi connectivity index (χ3n) is 3.75. The molecule has 0 spiro atoms. The van der Waals surface area contributed by atoms with Crippen molar-refractivity contribution in [2.24, 2.45) is 0 Å². The molecule has 1 aromatic rings. The van der Waals surface area contributed by atoms with E-state index < -0.39 is 0 Å². The topological polar surface area (TPSA) is 20.2 Å². The van der Waals surface area contributed by atoms with Crippen LogP contribution in [0.25, 0.3) is 0 Å². The lowest BCUT2D eigenvalue weighted by Crippen LogP contribution is -2.12. The van der Waals surface area contributed by atoms with Crippen molar-refractivity contribution in [3.63, 3.8) is 0 Å². The van der Waals surface area contributed by atoms with Crippen LogP contribution in [-0.4, -0.2) is 11.7 Å². The van der Waals surface area contributed by atoms with Crippen molar-refractivity contribution in [1.82, 2.24) is 0 Å². The smallest absolute Gasteiger partial charge is 0.0436 e.